The molecule has 0 aromatic heterocycles. The summed E-state index contributed by atoms with van der Waals surface area (Å²) in [6, 6.07) is 0. The highest BCUT2D eigenvalue weighted by atomic mass is 19.1. The molecule has 1 unspecified atom stereocenters. The molecule has 0 rings (SSSR count). The summed E-state index contributed by atoms with van der Waals surface area (Å²) in [4.78, 5) is 10.7. The zero-order valence-corrected chi connectivity index (χ0v) is 7.06. The van der Waals surface area contributed by atoms with Gasteiger partial charge in [-0.05, 0) is 20.8 Å². The predicted molar refractivity (Wildman–Crippen MR) is 39.8 cm³/mol. The highest BCUT2D eigenvalue weighted by Crippen LogP contribution is 2.08. The predicted octanol–water partition coefficient (Wildman–Crippen LogP) is 0.625. The van der Waals surface area contributed by atoms with Crippen molar-refractivity contribution in [1.29, 1.82) is 0 Å². The normalized spacial score (nSPS) is 14.3. The first-order valence-corrected chi connectivity index (χ1v) is 3.44. The minimum absolute atomic E-state index is 0.324. The first-order valence-electron chi connectivity index (χ1n) is 3.44. The summed E-state index contributed by atoms with van der Waals surface area (Å²) in [5, 5.41) is 0. The maximum atomic E-state index is 12.5. The molecule has 66 valence electrons. The highest BCUT2D eigenvalue weighted by Gasteiger charge is 2.23. The van der Waals surface area contributed by atoms with Gasteiger partial charge in [0.15, 0.2) is 0 Å². The van der Waals surface area contributed by atoms with E-state index >= 15 is 0 Å². The van der Waals surface area contributed by atoms with Gasteiger partial charge in [-0.2, -0.15) is 0 Å². The fourth-order valence-corrected chi connectivity index (χ4v) is 0.462. The maximum absolute atomic E-state index is 12.5. The van der Waals surface area contributed by atoms with Gasteiger partial charge in [0.2, 0.25) is 6.17 Å². The molecule has 0 amide bonds. The molecular formula is C7H14FNO2. The lowest BCUT2D eigenvalue weighted by molar-refractivity contribution is -0.160. The monoisotopic (exact) mass is 163 g/mol. The molecule has 4 heteroatoms. The first-order chi connectivity index (χ1) is 4.87. The van der Waals surface area contributed by atoms with Gasteiger partial charge in [0, 0.05) is 6.54 Å². The summed E-state index contributed by atoms with van der Waals surface area (Å²) in [5.74, 6) is -0.889. The maximum Gasteiger partial charge on any atom is 0.342 e. The van der Waals surface area contributed by atoms with Crippen molar-refractivity contribution < 1.29 is 13.9 Å². The van der Waals surface area contributed by atoms with Crippen molar-refractivity contribution in [2.24, 2.45) is 5.73 Å². The van der Waals surface area contributed by atoms with Gasteiger partial charge < -0.3 is 10.5 Å². The molecule has 0 fully saturated rings. The zero-order valence-electron chi connectivity index (χ0n) is 7.06. The molecule has 0 aromatic carbocycles. The Labute approximate surface area is 65.7 Å². The number of alkyl halides is 1. The van der Waals surface area contributed by atoms with Crippen LogP contribution in [0.1, 0.15) is 20.8 Å². The second kappa shape index (κ2) is 3.67. The lowest BCUT2D eigenvalue weighted by Crippen LogP contribution is -2.33. The molecule has 1 atom stereocenters. The highest BCUT2D eigenvalue weighted by molar-refractivity contribution is 5.75. The Hall–Kier alpha value is -0.640. The molecule has 0 saturated carbocycles. The van der Waals surface area contributed by atoms with E-state index in [4.69, 9.17) is 10.5 Å². The Morgan fingerprint density at radius 2 is 2.09 bits per heavy atom. The van der Waals surface area contributed by atoms with Crippen molar-refractivity contribution in [3.8, 4) is 0 Å². The molecule has 0 saturated heterocycles. The molecule has 0 bridgehead atoms. The summed E-state index contributed by atoms with van der Waals surface area (Å²) < 4.78 is 17.2. The standard InChI is InChI=1S/C7H14FNO2/c1-7(2,3)11-6(10)5(8)4-9/h5H,4,9H2,1-3H3. The number of esters is 1. The first kappa shape index (κ1) is 10.4. The third-order valence-electron chi connectivity index (χ3n) is 0.869. The van der Waals surface area contributed by atoms with Gasteiger partial charge in [0.25, 0.3) is 0 Å². The fourth-order valence-electron chi connectivity index (χ4n) is 0.462. The van der Waals surface area contributed by atoms with Gasteiger partial charge in [0.05, 0.1) is 0 Å². The topological polar surface area (TPSA) is 52.3 Å². The van der Waals surface area contributed by atoms with Gasteiger partial charge >= 0.3 is 5.97 Å². The average Bonchev–Trinajstić information content (AvgIpc) is 1.82. The van der Waals surface area contributed by atoms with Gasteiger partial charge in [-0.15, -0.1) is 0 Å². The largest absolute Gasteiger partial charge is 0.458 e. The second-order valence-corrected chi connectivity index (χ2v) is 3.24. The van der Waals surface area contributed by atoms with E-state index in [1.807, 2.05) is 0 Å². The molecule has 0 aliphatic heterocycles. The van der Waals surface area contributed by atoms with Crippen molar-refractivity contribution in [3.63, 3.8) is 0 Å². The smallest absolute Gasteiger partial charge is 0.342 e. The number of halogens is 1. The van der Waals surface area contributed by atoms with Crippen LogP contribution in [0.25, 0.3) is 0 Å². The Bertz CT molecular complexity index is 142. The summed E-state index contributed by atoms with van der Waals surface area (Å²) in [7, 11) is 0. The number of hydrogen-bond donors (Lipinski definition) is 1. The van der Waals surface area contributed by atoms with Gasteiger partial charge in [0.1, 0.15) is 5.60 Å². The van der Waals surface area contributed by atoms with Crippen LogP contribution in [0, 0.1) is 0 Å². The molecule has 0 spiro atoms. The van der Waals surface area contributed by atoms with Crippen LogP contribution in [0.5, 0.6) is 0 Å². The van der Waals surface area contributed by atoms with Crippen LogP contribution in [-0.4, -0.2) is 24.3 Å². The summed E-state index contributed by atoms with van der Waals surface area (Å²) in [6.45, 7) is 4.70. The fraction of sp³-hybridized carbons (Fsp3) is 0.857. The minimum atomic E-state index is -1.70. The Kier molecular flexibility index (Phi) is 3.45. The summed E-state index contributed by atoms with van der Waals surface area (Å²) in [6.07, 6.45) is -1.70. The number of hydrogen-bond acceptors (Lipinski definition) is 3. The van der Waals surface area contributed by atoms with Crippen molar-refractivity contribution in [3.05, 3.63) is 0 Å². The van der Waals surface area contributed by atoms with E-state index in [1.165, 1.54) is 0 Å². The van der Waals surface area contributed by atoms with Gasteiger partial charge in [-0.1, -0.05) is 0 Å². The van der Waals surface area contributed by atoms with E-state index in [-0.39, 0.29) is 6.54 Å². The van der Waals surface area contributed by atoms with Crippen LogP contribution in [-0.2, 0) is 9.53 Å². The van der Waals surface area contributed by atoms with E-state index in [0.29, 0.717) is 0 Å². The summed E-state index contributed by atoms with van der Waals surface area (Å²) >= 11 is 0. The molecular weight excluding hydrogens is 149 g/mol. The van der Waals surface area contributed by atoms with E-state index in [0.717, 1.165) is 0 Å². The minimum Gasteiger partial charge on any atom is -0.458 e. The van der Waals surface area contributed by atoms with Crippen LogP contribution >= 0.6 is 0 Å². The molecule has 11 heavy (non-hydrogen) atoms. The molecule has 3 nitrogen and oxygen atoms in total. The Morgan fingerprint density at radius 1 is 1.64 bits per heavy atom. The van der Waals surface area contributed by atoms with Crippen LogP contribution in [0.4, 0.5) is 4.39 Å². The Balaban J connectivity index is 3.88. The SMILES string of the molecule is CC(C)(C)OC(=O)C(F)CN. The lowest BCUT2D eigenvalue weighted by Gasteiger charge is -2.20. The number of ether oxygens (including phenoxy) is 1. The molecule has 0 aliphatic carbocycles. The van der Waals surface area contributed by atoms with E-state index in [2.05, 4.69) is 0 Å². The van der Waals surface area contributed by atoms with Crippen molar-refractivity contribution in [2.75, 3.05) is 6.54 Å². The van der Waals surface area contributed by atoms with Gasteiger partial charge in [-0.25, -0.2) is 9.18 Å². The van der Waals surface area contributed by atoms with Crippen molar-refractivity contribution in [1.82, 2.24) is 0 Å². The van der Waals surface area contributed by atoms with Crippen LogP contribution in [0.3, 0.4) is 0 Å². The van der Waals surface area contributed by atoms with Crippen LogP contribution in [0.15, 0.2) is 0 Å². The summed E-state index contributed by atoms with van der Waals surface area (Å²) in [5.41, 5.74) is 4.27. The lowest BCUT2D eigenvalue weighted by atomic mass is 10.2. The van der Waals surface area contributed by atoms with Crippen LogP contribution < -0.4 is 5.73 Å². The molecule has 0 aromatic rings. The zero-order chi connectivity index (χ0) is 9.07. The van der Waals surface area contributed by atoms with Crippen LogP contribution in [0.2, 0.25) is 0 Å². The van der Waals surface area contributed by atoms with Gasteiger partial charge in [-0.3, -0.25) is 0 Å². The van der Waals surface area contributed by atoms with E-state index in [9.17, 15) is 9.18 Å². The second-order valence-electron chi connectivity index (χ2n) is 3.24. The molecule has 0 radical (unpaired) electrons. The third-order valence-corrected chi connectivity index (χ3v) is 0.869. The molecule has 0 heterocycles. The van der Waals surface area contributed by atoms with Crippen molar-refractivity contribution >= 4 is 5.97 Å². The number of rotatable bonds is 2. The number of carbonyl (C=O) groups is 1. The van der Waals surface area contributed by atoms with Crippen molar-refractivity contribution in [2.45, 2.75) is 32.5 Å². The Morgan fingerprint density at radius 3 is 2.36 bits per heavy atom. The third kappa shape index (κ3) is 4.72. The molecule has 0 aliphatic rings. The molecule has 2 N–H and O–H groups in total. The van der Waals surface area contributed by atoms with E-state index < -0.39 is 17.7 Å². The average molecular weight is 163 g/mol. The van der Waals surface area contributed by atoms with E-state index in [1.54, 1.807) is 20.8 Å². The number of carbonyl (C=O) groups excluding carboxylic acids is 1. The quantitative estimate of drug-likeness (QED) is 0.607. The number of nitrogens with two attached hydrogens (primary N) is 1.